The third-order valence-electron chi connectivity index (χ3n) is 3.76. The Bertz CT molecular complexity index is 456. The molecule has 1 fully saturated rings. The maximum atomic E-state index is 12.4. The van der Waals surface area contributed by atoms with Gasteiger partial charge in [0.2, 0.25) is 5.91 Å². The summed E-state index contributed by atoms with van der Waals surface area (Å²) in [5.74, 6) is 0.169. The van der Waals surface area contributed by atoms with Crippen molar-refractivity contribution in [1.29, 1.82) is 0 Å². The molecule has 0 radical (unpaired) electrons. The van der Waals surface area contributed by atoms with Crippen LogP contribution in [0.2, 0.25) is 0 Å². The third kappa shape index (κ3) is 2.56. The number of benzene rings is 1. The number of hydrogen-bond donors (Lipinski definition) is 1. The summed E-state index contributed by atoms with van der Waals surface area (Å²) in [6.07, 6.45) is 0.989. The zero-order valence-electron chi connectivity index (χ0n) is 11.7. The van der Waals surface area contributed by atoms with Crippen molar-refractivity contribution in [3.8, 4) is 0 Å². The molecule has 1 aliphatic rings. The summed E-state index contributed by atoms with van der Waals surface area (Å²) in [6.45, 7) is 9.05. The molecule has 2 unspecified atom stereocenters. The molecular weight excluding hydrogens is 224 g/mol. The molecule has 98 valence electrons. The van der Waals surface area contributed by atoms with Crippen LogP contribution in [0.3, 0.4) is 0 Å². The van der Waals surface area contributed by atoms with E-state index in [2.05, 4.69) is 38.2 Å². The minimum atomic E-state index is -0.107. The lowest BCUT2D eigenvalue weighted by Gasteiger charge is -2.23. The normalized spacial score (nSPS) is 25.1. The lowest BCUT2D eigenvalue weighted by atomic mass is 10.1. The quantitative estimate of drug-likeness (QED) is 0.825. The molecule has 1 aliphatic heterocycles. The number of nitrogens with one attached hydrogen (secondary N) is 1. The van der Waals surface area contributed by atoms with Gasteiger partial charge in [-0.2, -0.15) is 0 Å². The van der Waals surface area contributed by atoms with Crippen LogP contribution in [-0.4, -0.2) is 24.5 Å². The van der Waals surface area contributed by atoms with Gasteiger partial charge in [0.25, 0.3) is 0 Å². The van der Waals surface area contributed by atoms with Gasteiger partial charge in [-0.15, -0.1) is 0 Å². The number of nitrogens with zero attached hydrogens (tertiary/aromatic N) is 1. The molecule has 2 rings (SSSR count). The van der Waals surface area contributed by atoms with Crippen LogP contribution in [-0.2, 0) is 4.79 Å². The molecule has 0 saturated carbocycles. The predicted molar refractivity (Wildman–Crippen MR) is 74.9 cm³/mol. The van der Waals surface area contributed by atoms with Crippen molar-refractivity contribution in [1.82, 2.24) is 5.32 Å². The Kier molecular flexibility index (Phi) is 3.71. The van der Waals surface area contributed by atoms with Gasteiger partial charge in [0.15, 0.2) is 0 Å². The average molecular weight is 246 g/mol. The summed E-state index contributed by atoms with van der Waals surface area (Å²) in [4.78, 5) is 14.3. The highest BCUT2D eigenvalue weighted by atomic mass is 16.2. The Hall–Kier alpha value is -1.35. The Morgan fingerprint density at radius 2 is 1.94 bits per heavy atom. The van der Waals surface area contributed by atoms with Crippen LogP contribution < -0.4 is 10.2 Å². The minimum absolute atomic E-state index is 0.107. The molecule has 0 bridgehead atoms. The van der Waals surface area contributed by atoms with Crippen LogP contribution in [0.15, 0.2) is 18.2 Å². The first-order valence-corrected chi connectivity index (χ1v) is 6.63. The molecule has 1 saturated heterocycles. The second-order valence-electron chi connectivity index (χ2n) is 5.34. The van der Waals surface area contributed by atoms with Gasteiger partial charge in [0, 0.05) is 18.3 Å². The molecule has 0 aromatic heterocycles. The van der Waals surface area contributed by atoms with Gasteiger partial charge in [-0.1, -0.05) is 6.07 Å². The summed E-state index contributed by atoms with van der Waals surface area (Å²) in [5, 5.41) is 3.33. The standard InChI is InChI=1S/C15H22N2O/c1-10-5-6-14(9-11(10)2)17-8-7-12(3)16-13(4)15(17)18/h5-6,9,12-13,16H,7-8H2,1-4H3. The van der Waals surface area contributed by atoms with Crippen molar-refractivity contribution in [3.05, 3.63) is 29.3 Å². The zero-order chi connectivity index (χ0) is 13.3. The van der Waals surface area contributed by atoms with Gasteiger partial charge in [0.05, 0.1) is 6.04 Å². The Morgan fingerprint density at radius 1 is 1.22 bits per heavy atom. The van der Waals surface area contributed by atoms with Crippen molar-refractivity contribution in [2.45, 2.75) is 46.2 Å². The van der Waals surface area contributed by atoms with Crippen LogP contribution in [0.4, 0.5) is 5.69 Å². The number of aryl methyl sites for hydroxylation is 2. The van der Waals surface area contributed by atoms with E-state index in [9.17, 15) is 4.79 Å². The van der Waals surface area contributed by atoms with E-state index in [1.807, 2.05) is 17.9 Å². The first-order chi connectivity index (χ1) is 8.49. The summed E-state index contributed by atoms with van der Waals surface area (Å²) in [7, 11) is 0. The number of carbonyl (C=O) groups is 1. The first kappa shape index (κ1) is 13.1. The van der Waals surface area contributed by atoms with Crippen molar-refractivity contribution in [2.75, 3.05) is 11.4 Å². The van der Waals surface area contributed by atoms with E-state index in [4.69, 9.17) is 0 Å². The first-order valence-electron chi connectivity index (χ1n) is 6.63. The molecule has 1 heterocycles. The summed E-state index contributed by atoms with van der Waals surface area (Å²) >= 11 is 0. The van der Waals surface area contributed by atoms with E-state index in [0.717, 1.165) is 18.7 Å². The van der Waals surface area contributed by atoms with E-state index in [-0.39, 0.29) is 11.9 Å². The van der Waals surface area contributed by atoms with E-state index < -0.39 is 0 Å². The average Bonchev–Trinajstić information content (AvgIpc) is 2.44. The molecule has 0 spiro atoms. The molecule has 1 aromatic rings. The van der Waals surface area contributed by atoms with Gasteiger partial charge in [-0.3, -0.25) is 4.79 Å². The van der Waals surface area contributed by atoms with Crippen molar-refractivity contribution < 1.29 is 4.79 Å². The SMILES string of the molecule is Cc1ccc(N2CCC(C)NC(C)C2=O)cc1C. The van der Waals surface area contributed by atoms with Gasteiger partial charge < -0.3 is 10.2 Å². The highest BCUT2D eigenvalue weighted by molar-refractivity contribution is 5.97. The minimum Gasteiger partial charge on any atom is -0.311 e. The number of anilines is 1. The summed E-state index contributed by atoms with van der Waals surface area (Å²) in [6, 6.07) is 6.52. The Labute approximate surface area is 109 Å². The lowest BCUT2D eigenvalue weighted by Crippen LogP contribution is -2.43. The van der Waals surface area contributed by atoms with E-state index >= 15 is 0 Å². The van der Waals surface area contributed by atoms with Gasteiger partial charge >= 0.3 is 0 Å². The van der Waals surface area contributed by atoms with Crippen molar-refractivity contribution in [2.24, 2.45) is 0 Å². The zero-order valence-corrected chi connectivity index (χ0v) is 11.7. The van der Waals surface area contributed by atoms with Crippen LogP contribution in [0.25, 0.3) is 0 Å². The van der Waals surface area contributed by atoms with Gasteiger partial charge in [-0.05, 0) is 57.4 Å². The second-order valence-corrected chi connectivity index (χ2v) is 5.34. The van der Waals surface area contributed by atoms with E-state index in [0.29, 0.717) is 6.04 Å². The number of amides is 1. The van der Waals surface area contributed by atoms with Crippen molar-refractivity contribution >= 4 is 11.6 Å². The molecular formula is C15H22N2O. The van der Waals surface area contributed by atoms with Crippen LogP contribution >= 0.6 is 0 Å². The molecule has 2 atom stereocenters. The Balaban J connectivity index is 2.30. The van der Waals surface area contributed by atoms with Gasteiger partial charge in [0.1, 0.15) is 0 Å². The van der Waals surface area contributed by atoms with Crippen LogP contribution in [0.1, 0.15) is 31.4 Å². The molecule has 1 N–H and O–H groups in total. The highest BCUT2D eigenvalue weighted by Crippen LogP contribution is 2.21. The maximum Gasteiger partial charge on any atom is 0.243 e. The smallest absolute Gasteiger partial charge is 0.243 e. The molecule has 18 heavy (non-hydrogen) atoms. The van der Waals surface area contributed by atoms with E-state index in [1.165, 1.54) is 11.1 Å². The number of carbonyl (C=O) groups excluding carboxylic acids is 1. The monoisotopic (exact) mass is 246 g/mol. The Morgan fingerprint density at radius 3 is 2.61 bits per heavy atom. The van der Waals surface area contributed by atoms with Crippen molar-refractivity contribution in [3.63, 3.8) is 0 Å². The van der Waals surface area contributed by atoms with E-state index in [1.54, 1.807) is 0 Å². The largest absolute Gasteiger partial charge is 0.311 e. The summed E-state index contributed by atoms with van der Waals surface area (Å²) < 4.78 is 0. The fraction of sp³-hybridized carbons (Fsp3) is 0.533. The lowest BCUT2D eigenvalue weighted by molar-refractivity contribution is -0.119. The molecule has 0 aliphatic carbocycles. The number of hydrogen-bond acceptors (Lipinski definition) is 2. The molecule has 1 aromatic carbocycles. The molecule has 1 amide bonds. The fourth-order valence-electron chi connectivity index (χ4n) is 2.40. The number of rotatable bonds is 1. The predicted octanol–water partition coefficient (Wildman–Crippen LogP) is 2.41. The summed E-state index contributed by atoms with van der Waals surface area (Å²) in [5.41, 5.74) is 3.52. The molecule has 3 nitrogen and oxygen atoms in total. The molecule has 3 heteroatoms. The van der Waals surface area contributed by atoms with Crippen LogP contribution in [0, 0.1) is 13.8 Å². The fourth-order valence-corrected chi connectivity index (χ4v) is 2.40. The topological polar surface area (TPSA) is 32.3 Å². The third-order valence-corrected chi connectivity index (χ3v) is 3.76. The van der Waals surface area contributed by atoms with Crippen LogP contribution in [0.5, 0.6) is 0 Å². The second kappa shape index (κ2) is 5.11. The maximum absolute atomic E-state index is 12.4. The van der Waals surface area contributed by atoms with Gasteiger partial charge in [-0.25, -0.2) is 0 Å². The highest BCUT2D eigenvalue weighted by Gasteiger charge is 2.26.